The highest BCUT2D eigenvalue weighted by Gasteiger charge is 2.73. The van der Waals surface area contributed by atoms with E-state index in [1.165, 1.54) is 0 Å². The quantitative estimate of drug-likeness (QED) is 0.440. The lowest BCUT2D eigenvalue weighted by molar-refractivity contribution is -0.191. The normalized spacial score (nSPS) is 45.1. The van der Waals surface area contributed by atoms with Crippen molar-refractivity contribution in [3.05, 3.63) is 48.0 Å². The maximum absolute atomic E-state index is 13.9. The topological polar surface area (TPSA) is 101 Å². The van der Waals surface area contributed by atoms with Crippen molar-refractivity contribution in [1.29, 1.82) is 0 Å². The number of allylic oxidation sites excluding steroid dienone is 2. The second-order valence-corrected chi connectivity index (χ2v) is 9.90. The summed E-state index contributed by atoms with van der Waals surface area (Å²) >= 11 is 0. The monoisotopic (exact) mass is 424 g/mol. The summed E-state index contributed by atoms with van der Waals surface area (Å²) in [5.74, 6) is -4.33. The van der Waals surface area contributed by atoms with E-state index in [-0.39, 0.29) is 29.5 Å². The number of ketones is 1. The smallest absolute Gasteiger partial charge is 0.338 e. The first-order valence-electron chi connectivity index (χ1n) is 11.2. The van der Waals surface area contributed by atoms with Crippen LogP contribution < -0.4 is 0 Å². The highest BCUT2D eigenvalue weighted by atomic mass is 16.5. The Labute approximate surface area is 181 Å². The van der Waals surface area contributed by atoms with Gasteiger partial charge in [0.2, 0.25) is 0 Å². The van der Waals surface area contributed by atoms with Crippen molar-refractivity contribution in [3.63, 3.8) is 0 Å². The number of rotatable bonds is 3. The number of carboxylic acids is 1. The highest BCUT2D eigenvalue weighted by Crippen LogP contribution is 2.65. The Morgan fingerprint density at radius 1 is 1.10 bits per heavy atom. The largest absolute Gasteiger partial charge is 0.480 e. The van der Waals surface area contributed by atoms with Crippen LogP contribution in [0.1, 0.15) is 37.0 Å². The number of carbonyl (C=O) groups excluding carboxylic acids is 2. The third kappa shape index (κ3) is 2.63. The first-order chi connectivity index (χ1) is 14.8. The van der Waals surface area contributed by atoms with E-state index >= 15 is 0 Å². The number of fused-ring (bicyclic) bond motifs is 6. The molecule has 0 saturated heterocycles. The summed E-state index contributed by atoms with van der Waals surface area (Å²) in [5.41, 5.74) is -1.24. The van der Waals surface area contributed by atoms with Gasteiger partial charge in [0.15, 0.2) is 5.78 Å². The lowest BCUT2D eigenvalue weighted by Crippen LogP contribution is -2.67. The van der Waals surface area contributed by atoms with Crippen LogP contribution in [0.5, 0.6) is 0 Å². The number of hydrogen-bond acceptors (Lipinski definition) is 5. The van der Waals surface area contributed by atoms with Crippen LogP contribution in [-0.2, 0) is 14.3 Å². The second-order valence-electron chi connectivity index (χ2n) is 9.90. The van der Waals surface area contributed by atoms with Gasteiger partial charge in [0.25, 0.3) is 0 Å². The molecular weight excluding hydrogens is 396 g/mol. The minimum Gasteiger partial charge on any atom is -0.480 e. The van der Waals surface area contributed by atoms with Gasteiger partial charge in [-0.25, -0.2) is 4.79 Å². The van der Waals surface area contributed by atoms with Crippen LogP contribution in [0.3, 0.4) is 0 Å². The van der Waals surface area contributed by atoms with Gasteiger partial charge in [-0.2, -0.15) is 0 Å². The third-order valence-corrected chi connectivity index (χ3v) is 8.60. The molecule has 0 radical (unpaired) electrons. The summed E-state index contributed by atoms with van der Waals surface area (Å²) in [4.78, 5) is 39.8. The maximum Gasteiger partial charge on any atom is 0.338 e. The van der Waals surface area contributed by atoms with Gasteiger partial charge in [0.1, 0.15) is 11.5 Å². The zero-order chi connectivity index (χ0) is 22.1. The summed E-state index contributed by atoms with van der Waals surface area (Å²) in [7, 11) is 0. The Morgan fingerprint density at radius 3 is 2.48 bits per heavy atom. The van der Waals surface area contributed by atoms with Crippen molar-refractivity contribution in [3.8, 4) is 0 Å². The standard InChI is InChI=1S/C25H28O6/c1-12-8-9-13(2)25(24(29)30)20(12)21(31-23(28)14-6-4-3-5-7-14)18-15-10-16(17(26)11-15)19(18)22(25)27/h3-9,12-13,15-21,26H,10-11H2,1-2H3,(H,29,30)/t12-,13+,15-,16+,17+,18?,19?,20-,21+,25-/m0/s1. The Bertz CT molecular complexity index is 954. The predicted octanol–water partition coefficient (Wildman–Crippen LogP) is 2.96. The summed E-state index contributed by atoms with van der Waals surface area (Å²) in [6.45, 7) is 3.67. The fourth-order valence-corrected chi connectivity index (χ4v) is 7.36. The zero-order valence-electron chi connectivity index (χ0n) is 17.7. The van der Waals surface area contributed by atoms with Crippen LogP contribution in [0.25, 0.3) is 0 Å². The first kappa shape index (κ1) is 20.4. The zero-order valence-corrected chi connectivity index (χ0v) is 17.7. The number of carbonyl (C=O) groups is 3. The lowest BCUT2D eigenvalue weighted by atomic mass is 9.46. The molecule has 5 rings (SSSR count). The van der Waals surface area contributed by atoms with Gasteiger partial charge in [-0.3, -0.25) is 9.59 Å². The molecule has 10 atom stereocenters. The van der Waals surface area contributed by atoms with E-state index in [1.54, 1.807) is 31.2 Å². The molecule has 6 nitrogen and oxygen atoms in total. The van der Waals surface area contributed by atoms with Crippen molar-refractivity contribution in [1.82, 2.24) is 0 Å². The van der Waals surface area contributed by atoms with Crippen molar-refractivity contribution < 1.29 is 29.3 Å². The van der Waals surface area contributed by atoms with Gasteiger partial charge in [-0.05, 0) is 48.6 Å². The molecule has 2 unspecified atom stereocenters. The number of ether oxygens (including phenoxy) is 1. The molecule has 0 heterocycles. The van der Waals surface area contributed by atoms with E-state index in [1.807, 2.05) is 25.1 Å². The average Bonchev–Trinajstić information content (AvgIpc) is 3.30. The van der Waals surface area contributed by atoms with Crippen molar-refractivity contribution in [2.75, 3.05) is 0 Å². The molecular formula is C25H28O6. The summed E-state index contributed by atoms with van der Waals surface area (Å²) in [6.07, 6.45) is 3.74. The molecule has 0 aliphatic heterocycles. The summed E-state index contributed by atoms with van der Waals surface area (Å²) in [6, 6.07) is 8.68. The first-order valence-corrected chi connectivity index (χ1v) is 11.2. The molecule has 0 spiro atoms. The summed E-state index contributed by atoms with van der Waals surface area (Å²) in [5, 5.41) is 21.0. The second kappa shape index (κ2) is 7.02. The van der Waals surface area contributed by atoms with E-state index in [4.69, 9.17) is 4.74 Å². The predicted molar refractivity (Wildman–Crippen MR) is 111 cm³/mol. The molecule has 4 aliphatic carbocycles. The molecule has 1 aromatic carbocycles. The minimum absolute atomic E-state index is 0.0581. The fraction of sp³-hybridized carbons (Fsp3) is 0.560. The minimum atomic E-state index is -1.65. The van der Waals surface area contributed by atoms with Crippen LogP contribution in [0, 0.1) is 46.8 Å². The number of aliphatic hydroxyl groups excluding tert-OH is 1. The fourth-order valence-electron chi connectivity index (χ4n) is 7.36. The molecule has 2 bridgehead atoms. The molecule has 4 aliphatic rings. The Balaban J connectivity index is 1.64. The Morgan fingerprint density at radius 2 is 1.81 bits per heavy atom. The summed E-state index contributed by atoms with van der Waals surface area (Å²) < 4.78 is 6.12. The number of esters is 1. The van der Waals surface area contributed by atoms with Crippen LogP contribution in [0.2, 0.25) is 0 Å². The van der Waals surface area contributed by atoms with E-state index in [0.29, 0.717) is 18.4 Å². The van der Waals surface area contributed by atoms with Gasteiger partial charge in [-0.15, -0.1) is 0 Å². The number of aliphatic hydroxyl groups is 1. The van der Waals surface area contributed by atoms with E-state index < -0.39 is 47.3 Å². The van der Waals surface area contributed by atoms with Gasteiger partial charge in [0.05, 0.1) is 11.7 Å². The van der Waals surface area contributed by atoms with Gasteiger partial charge < -0.3 is 14.9 Å². The van der Waals surface area contributed by atoms with Crippen molar-refractivity contribution in [2.24, 2.45) is 46.8 Å². The maximum atomic E-state index is 13.9. The van der Waals surface area contributed by atoms with E-state index in [2.05, 4.69) is 0 Å². The lowest BCUT2D eigenvalue weighted by Gasteiger charge is -2.56. The van der Waals surface area contributed by atoms with Crippen molar-refractivity contribution in [2.45, 2.75) is 38.9 Å². The van der Waals surface area contributed by atoms with Crippen LogP contribution in [0.4, 0.5) is 0 Å². The van der Waals surface area contributed by atoms with Crippen LogP contribution >= 0.6 is 0 Å². The van der Waals surface area contributed by atoms with Crippen molar-refractivity contribution >= 4 is 17.7 Å². The van der Waals surface area contributed by atoms with Gasteiger partial charge in [-0.1, -0.05) is 44.2 Å². The highest BCUT2D eigenvalue weighted by molar-refractivity contribution is 6.07. The Hall–Kier alpha value is -2.47. The SMILES string of the molecule is C[C@@H]1C=C[C@H](C)[C@H]2[C@H](OC(=O)c3ccccc3)C3C(C(=O)[C@@]21C(=O)O)[C@@H]1C[C@H]3C[C@H]1O. The molecule has 3 saturated carbocycles. The third-order valence-electron chi connectivity index (χ3n) is 8.60. The average molecular weight is 424 g/mol. The van der Waals surface area contributed by atoms with E-state index in [0.717, 1.165) is 0 Å². The molecule has 1 aromatic rings. The molecule has 0 aromatic heterocycles. The number of aliphatic carboxylic acids is 1. The molecule has 164 valence electrons. The molecule has 31 heavy (non-hydrogen) atoms. The van der Waals surface area contributed by atoms with Gasteiger partial charge >= 0.3 is 11.9 Å². The van der Waals surface area contributed by atoms with Crippen LogP contribution in [0.15, 0.2) is 42.5 Å². The number of hydrogen-bond donors (Lipinski definition) is 2. The molecule has 6 heteroatoms. The number of benzene rings is 1. The van der Waals surface area contributed by atoms with Gasteiger partial charge in [0, 0.05) is 17.8 Å². The molecule has 0 amide bonds. The number of Topliss-reactive ketones (excluding diaryl/α,β-unsaturated/α-hetero) is 1. The molecule has 2 N–H and O–H groups in total. The Kier molecular flexibility index (Phi) is 4.63. The van der Waals surface area contributed by atoms with Crippen LogP contribution in [-0.4, -0.2) is 40.1 Å². The molecule has 3 fully saturated rings. The van der Waals surface area contributed by atoms with E-state index in [9.17, 15) is 24.6 Å². The number of carboxylic acid groups (broad SMARTS) is 1.